The summed E-state index contributed by atoms with van der Waals surface area (Å²) in [6.45, 7) is 9.89. The molecule has 3 aromatic heterocycles. The number of piperidine rings is 2. The number of ether oxygens (including phenoxy) is 1. The van der Waals surface area contributed by atoms with Gasteiger partial charge in [-0.25, -0.2) is 23.3 Å². The molecule has 0 bridgehead atoms. The van der Waals surface area contributed by atoms with Gasteiger partial charge in [0.1, 0.15) is 24.1 Å². The standard InChI is InChI=1S/C42H49F2N9O4/c1-25(2)22-42(3,45)24-57-35-8-6-31(47-38(35)39(43)44)33-10-15-46-36-21-32(49-53(33)36)26-11-16-50(17-12-26)28-13-18-51(19-14-28)29-4-5-30-27(20-29)23-52(41(30)56)34-7-9-37(54)48-40(34)55/h4-6,8,10-11,15,20-21,25,28,34,39H,7,9,12-14,16-19,22-24,45H2,1-3H3,(H,48,54,55)/t34?,42-/m0/s1. The van der Waals surface area contributed by atoms with Gasteiger partial charge in [-0.1, -0.05) is 19.9 Å². The molecule has 13 nitrogen and oxygen atoms in total. The predicted molar refractivity (Wildman–Crippen MR) is 211 cm³/mol. The molecule has 7 heterocycles. The molecule has 4 aliphatic rings. The van der Waals surface area contributed by atoms with E-state index in [-0.39, 0.29) is 30.6 Å². The number of amides is 3. The van der Waals surface area contributed by atoms with E-state index >= 15 is 0 Å². The molecular formula is C42H49F2N9O4. The van der Waals surface area contributed by atoms with Gasteiger partial charge in [-0.3, -0.25) is 24.6 Å². The van der Waals surface area contributed by atoms with E-state index in [1.165, 1.54) is 6.07 Å². The molecule has 300 valence electrons. The van der Waals surface area contributed by atoms with E-state index < -0.39 is 29.6 Å². The van der Waals surface area contributed by atoms with E-state index in [2.05, 4.69) is 51.1 Å². The van der Waals surface area contributed by atoms with E-state index in [4.69, 9.17) is 15.6 Å². The van der Waals surface area contributed by atoms with Crippen molar-refractivity contribution in [1.29, 1.82) is 0 Å². The Morgan fingerprint density at radius 1 is 1.00 bits per heavy atom. The minimum absolute atomic E-state index is 0.0178. The predicted octanol–water partition coefficient (Wildman–Crippen LogP) is 5.39. The first kappa shape index (κ1) is 38.6. The van der Waals surface area contributed by atoms with Crippen LogP contribution < -0.4 is 20.7 Å². The van der Waals surface area contributed by atoms with Crippen molar-refractivity contribution in [3.63, 3.8) is 0 Å². The van der Waals surface area contributed by atoms with Crippen LogP contribution >= 0.6 is 0 Å². The molecular weight excluding hydrogens is 733 g/mol. The maximum Gasteiger partial charge on any atom is 0.284 e. The van der Waals surface area contributed by atoms with Gasteiger partial charge in [-0.2, -0.15) is 5.10 Å². The molecule has 0 aliphatic carbocycles. The van der Waals surface area contributed by atoms with E-state index in [0.717, 1.165) is 68.0 Å². The highest BCUT2D eigenvalue weighted by atomic mass is 19.3. The van der Waals surface area contributed by atoms with Gasteiger partial charge in [0, 0.05) is 74.2 Å². The first-order valence-corrected chi connectivity index (χ1v) is 19.9. The topological polar surface area (TPSA) is 151 Å². The number of pyridine rings is 1. The van der Waals surface area contributed by atoms with E-state index in [1.54, 1.807) is 27.7 Å². The molecule has 2 atom stereocenters. The number of imide groups is 1. The number of carbonyl (C=O) groups excluding carboxylic acids is 3. The second-order valence-electron chi connectivity index (χ2n) is 16.5. The Balaban J connectivity index is 0.897. The molecule has 1 unspecified atom stereocenters. The molecule has 2 fully saturated rings. The monoisotopic (exact) mass is 781 g/mol. The number of hydrogen-bond acceptors (Lipinski definition) is 10. The average Bonchev–Trinajstić information content (AvgIpc) is 3.77. The fourth-order valence-corrected chi connectivity index (χ4v) is 8.86. The second-order valence-corrected chi connectivity index (χ2v) is 16.5. The number of anilines is 1. The molecule has 57 heavy (non-hydrogen) atoms. The lowest BCUT2D eigenvalue weighted by Crippen LogP contribution is -2.52. The summed E-state index contributed by atoms with van der Waals surface area (Å²) >= 11 is 0. The van der Waals surface area contributed by atoms with Crippen molar-refractivity contribution in [2.45, 2.75) is 89.9 Å². The summed E-state index contributed by atoms with van der Waals surface area (Å²) in [4.78, 5) is 52.6. The lowest BCUT2D eigenvalue weighted by Gasteiger charge is -2.40. The first-order chi connectivity index (χ1) is 27.3. The zero-order valence-electron chi connectivity index (χ0n) is 32.6. The molecule has 0 spiro atoms. The third-order valence-electron chi connectivity index (χ3n) is 11.6. The highest BCUT2D eigenvalue weighted by Gasteiger charge is 2.39. The highest BCUT2D eigenvalue weighted by Crippen LogP contribution is 2.34. The summed E-state index contributed by atoms with van der Waals surface area (Å²) < 4.78 is 36.0. The molecule has 8 rings (SSSR count). The van der Waals surface area contributed by atoms with Crippen LogP contribution in [0.2, 0.25) is 0 Å². The Morgan fingerprint density at radius 3 is 2.53 bits per heavy atom. The Morgan fingerprint density at radius 2 is 1.81 bits per heavy atom. The number of rotatable bonds is 11. The number of hydrogen-bond donors (Lipinski definition) is 2. The molecule has 1 aromatic carbocycles. The van der Waals surface area contributed by atoms with Gasteiger partial charge in [0.05, 0.1) is 17.1 Å². The number of nitrogens with one attached hydrogen (secondary N) is 1. The third kappa shape index (κ3) is 7.99. The number of carbonyl (C=O) groups is 3. The van der Waals surface area contributed by atoms with Crippen molar-refractivity contribution in [3.8, 4) is 17.1 Å². The highest BCUT2D eigenvalue weighted by molar-refractivity contribution is 6.05. The van der Waals surface area contributed by atoms with E-state index in [9.17, 15) is 23.2 Å². The zero-order chi connectivity index (χ0) is 40.0. The largest absolute Gasteiger partial charge is 0.490 e. The summed E-state index contributed by atoms with van der Waals surface area (Å²) in [5, 5.41) is 7.25. The van der Waals surface area contributed by atoms with Crippen molar-refractivity contribution in [1.82, 2.24) is 34.7 Å². The number of alkyl halides is 2. The van der Waals surface area contributed by atoms with Gasteiger partial charge in [-0.05, 0) is 92.5 Å². The maximum absolute atomic E-state index is 14.3. The van der Waals surface area contributed by atoms with Crippen molar-refractivity contribution in [2.75, 3.05) is 37.7 Å². The molecule has 0 saturated carbocycles. The Bertz CT molecular complexity index is 2230. The zero-order valence-corrected chi connectivity index (χ0v) is 32.6. The summed E-state index contributed by atoms with van der Waals surface area (Å²) in [5.41, 5.74) is 11.3. The third-order valence-corrected chi connectivity index (χ3v) is 11.6. The van der Waals surface area contributed by atoms with E-state index in [0.29, 0.717) is 53.9 Å². The number of nitrogens with zero attached hydrogens (tertiary/aromatic N) is 7. The van der Waals surface area contributed by atoms with Crippen LogP contribution in [0.25, 0.3) is 22.6 Å². The average molecular weight is 782 g/mol. The second kappa shape index (κ2) is 15.6. The van der Waals surface area contributed by atoms with Crippen molar-refractivity contribution in [2.24, 2.45) is 11.7 Å². The van der Waals surface area contributed by atoms with Gasteiger partial charge in [-0.15, -0.1) is 0 Å². The maximum atomic E-state index is 14.3. The van der Waals surface area contributed by atoms with Crippen LogP contribution in [0.1, 0.15) is 93.0 Å². The van der Waals surface area contributed by atoms with Crippen LogP contribution in [0, 0.1) is 5.92 Å². The van der Waals surface area contributed by atoms with E-state index in [1.807, 2.05) is 25.1 Å². The smallest absolute Gasteiger partial charge is 0.284 e. The summed E-state index contributed by atoms with van der Waals surface area (Å²) in [6.07, 6.45) is 5.12. The van der Waals surface area contributed by atoms with Gasteiger partial charge in [0.2, 0.25) is 11.8 Å². The van der Waals surface area contributed by atoms with Crippen molar-refractivity contribution in [3.05, 3.63) is 77.3 Å². The van der Waals surface area contributed by atoms with Gasteiger partial charge in [0.25, 0.3) is 12.3 Å². The molecule has 4 aromatic rings. The Labute approximate surface area is 330 Å². The summed E-state index contributed by atoms with van der Waals surface area (Å²) in [5.74, 6) is -0.501. The quantitative estimate of drug-likeness (QED) is 0.190. The first-order valence-electron chi connectivity index (χ1n) is 19.9. The van der Waals surface area contributed by atoms with Crippen LogP contribution in [-0.2, 0) is 16.1 Å². The number of benzene rings is 1. The molecule has 15 heteroatoms. The number of aromatic nitrogens is 4. The van der Waals surface area contributed by atoms with Crippen LogP contribution in [0.5, 0.6) is 5.75 Å². The molecule has 4 aliphatic heterocycles. The normalized spacial score (nSPS) is 20.7. The molecule has 3 amide bonds. The van der Waals surface area contributed by atoms with Crippen LogP contribution in [0.3, 0.4) is 0 Å². The van der Waals surface area contributed by atoms with Crippen LogP contribution in [0.4, 0.5) is 14.5 Å². The van der Waals surface area contributed by atoms with Gasteiger partial charge < -0.3 is 20.3 Å². The lowest BCUT2D eigenvalue weighted by molar-refractivity contribution is -0.136. The fraction of sp³-hybridized carbons (Fsp3) is 0.476. The van der Waals surface area contributed by atoms with Crippen LogP contribution in [-0.4, -0.2) is 97.5 Å². The lowest BCUT2D eigenvalue weighted by atomic mass is 9.93. The van der Waals surface area contributed by atoms with Crippen molar-refractivity contribution >= 4 is 34.6 Å². The molecule has 0 radical (unpaired) electrons. The summed E-state index contributed by atoms with van der Waals surface area (Å²) in [7, 11) is 0. The number of halogens is 2. The minimum atomic E-state index is -2.84. The van der Waals surface area contributed by atoms with Gasteiger partial charge in [0.15, 0.2) is 5.65 Å². The molecule has 3 N–H and O–H groups in total. The van der Waals surface area contributed by atoms with Crippen LogP contribution in [0.15, 0.2) is 54.7 Å². The fourth-order valence-electron chi connectivity index (χ4n) is 8.86. The minimum Gasteiger partial charge on any atom is -0.490 e. The SMILES string of the molecule is CC(C)C[C@](C)(N)COc1ccc(-c2ccnc3cc(C4=CCN(C5CCN(c6ccc7c(c6)CN(C6CCC(=O)NC6=O)C7=O)CC5)CC4)nn23)nc1C(F)F. The Hall–Kier alpha value is -5.28. The number of nitrogens with two attached hydrogens (primary N) is 1. The summed E-state index contributed by atoms with van der Waals surface area (Å²) in [6, 6.07) is 12.6. The Kier molecular flexibility index (Phi) is 10.5. The molecule has 2 saturated heterocycles. The van der Waals surface area contributed by atoms with Crippen molar-refractivity contribution < 1.29 is 27.9 Å². The number of fused-ring (bicyclic) bond motifs is 2. The van der Waals surface area contributed by atoms with Gasteiger partial charge >= 0.3 is 0 Å².